The average molecular weight is 326 g/mol. The lowest BCUT2D eigenvalue weighted by Crippen LogP contribution is -2.51. The Morgan fingerprint density at radius 1 is 1.00 bits per heavy atom. The number of carbonyl (C=O) groups is 1. The van der Waals surface area contributed by atoms with Gasteiger partial charge in [-0.25, -0.2) is 0 Å². The smallest absolute Gasteiger partial charge is 0.233 e. The summed E-state index contributed by atoms with van der Waals surface area (Å²) in [4.78, 5) is 19.0. The highest BCUT2D eigenvalue weighted by atomic mass is 32.1. The Morgan fingerprint density at radius 2 is 1.74 bits per heavy atom. The first-order valence-corrected chi connectivity index (χ1v) is 9.26. The summed E-state index contributed by atoms with van der Waals surface area (Å²) in [6.45, 7) is 4.70. The van der Waals surface area contributed by atoms with Crippen molar-refractivity contribution in [3.05, 3.63) is 58.3 Å². The maximum atomic E-state index is 13.0. The zero-order chi connectivity index (χ0) is 15.7. The van der Waals surface area contributed by atoms with E-state index >= 15 is 0 Å². The highest BCUT2D eigenvalue weighted by Gasteiger charge is 2.53. The van der Waals surface area contributed by atoms with Crippen molar-refractivity contribution >= 4 is 17.2 Å². The van der Waals surface area contributed by atoms with Gasteiger partial charge in [0.25, 0.3) is 0 Å². The monoisotopic (exact) mass is 326 g/mol. The molecule has 1 aromatic heterocycles. The third-order valence-electron chi connectivity index (χ3n) is 5.10. The third-order valence-corrected chi connectivity index (χ3v) is 5.97. The molecule has 2 fully saturated rings. The van der Waals surface area contributed by atoms with Crippen LogP contribution in [-0.4, -0.2) is 41.9 Å². The van der Waals surface area contributed by atoms with E-state index in [1.54, 1.807) is 0 Å². The van der Waals surface area contributed by atoms with Crippen LogP contribution in [0.15, 0.2) is 47.8 Å². The standard InChI is InChI=1S/C19H22N2OS/c22-18(19(8-9-19)16-5-2-1-3-6-16)21-12-10-20(11-13-21)15-17-7-4-14-23-17/h1-7,14H,8-13,15H2. The summed E-state index contributed by atoms with van der Waals surface area (Å²) in [6.07, 6.45) is 2.01. The number of hydrogen-bond donors (Lipinski definition) is 0. The lowest BCUT2D eigenvalue weighted by atomic mass is 9.94. The zero-order valence-electron chi connectivity index (χ0n) is 13.3. The highest BCUT2D eigenvalue weighted by molar-refractivity contribution is 7.09. The molecule has 1 aliphatic heterocycles. The molecule has 3 nitrogen and oxygen atoms in total. The molecule has 2 heterocycles. The fraction of sp³-hybridized carbons (Fsp3) is 0.421. The molecule has 2 aliphatic rings. The van der Waals surface area contributed by atoms with Crippen molar-refractivity contribution in [3.8, 4) is 0 Å². The number of benzene rings is 1. The van der Waals surface area contributed by atoms with Crippen molar-refractivity contribution in [2.45, 2.75) is 24.8 Å². The maximum Gasteiger partial charge on any atom is 0.233 e. The van der Waals surface area contributed by atoms with Crippen LogP contribution in [0.5, 0.6) is 0 Å². The van der Waals surface area contributed by atoms with Crippen LogP contribution in [0.25, 0.3) is 0 Å². The Hall–Kier alpha value is -1.65. The SMILES string of the molecule is O=C(N1CCN(Cc2cccs2)CC1)C1(c2ccccc2)CC1. The van der Waals surface area contributed by atoms with Gasteiger partial charge in [-0.1, -0.05) is 36.4 Å². The van der Waals surface area contributed by atoms with Crippen molar-refractivity contribution in [1.82, 2.24) is 9.80 Å². The summed E-state index contributed by atoms with van der Waals surface area (Å²) in [6, 6.07) is 14.6. The molecule has 0 radical (unpaired) electrons. The van der Waals surface area contributed by atoms with E-state index in [1.807, 2.05) is 29.5 Å². The van der Waals surface area contributed by atoms with E-state index < -0.39 is 0 Å². The summed E-state index contributed by atoms with van der Waals surface area (Å²) < 4.78 is 0. The minimum Gasteiger partial charge on any atom is -0.339 e. The normalized spacial score (nSPS) is 20.4. The van der Waals surface area contributed by atoms with Crippen molar-refractivity contribution in [3.63, 3.8) is 0 Å². The molecule has 0 atom stereocenters. The minimum atomic E-state index is -0.211. The first-order chi connectivity index (χ1) is 11.3. The molecule has 1 aromatic carbocycles. The average Bonchev–Trinajstić information content (AvgIpc) is 3.27. The van der Waals surface area contributed by atoms with Crippen LogP contribution in [0.4, 0.5) is 0 Å². The fourth-order valence-electron chi connectivity index (χ4n) is 3.54. The van der Waals surface area contributed by atoms with Crippen molar-refractivity contribution < 1.29 is 4.79 Å². The maximum absolute atomic E-state index is 13.0. The number of thiophene rings is 1. The molecule has 120 valence electrons. The topological polar surface area (TPSA) is 23.6 Å². The van der Waals surface area contributed by atoms with Crippen LogP contribution < -0.4 is 0 Å². The Labute approximate surface area is 141 Å². The molecule has 23 heavy (non-hydrogen) atoms. The largest absolute Gasteiger partial charge is 0.339 e. The quantitative estimate of drug-likeness (QED) is 0.862. The Balaban J connectivity index is 1.38. The molecule has 0 unspecified atom stereocenters. The van der Waals surface area contributed by atoms with E-state index in [2.05, 4.69) is 39.4 Å². The number of hydrogen-bond acceptors (Lipinski definition) is 3. The van der Waals surface area contributed by atoms with Crippen molar-refractivity contribution in [2.24, 2.45) is 0 Å². The van der Waals surface area contributed by atoms with Gasteiger partial charge in [-0.05, 0) is 29.9 Å². The third kappa shape index (κ3) is 2.93. The first kappa shape index (κ1) is 14.9. The van der Waals surface area contributed by atoms with E-state index in [-0.39, 0.29) is 5.41 Å². The zero-order valence-corrected chi connectivity index (χ0v) is 14.1. The van der Waals surface area contributed by atoms with Crippen LogP contribution in [0.2, 0.25) is 0 Å². The van der Waals surface area contributed by atoms with Gasteiger partial charge in [-0.15, -0.1) is 11.3 Å². The molecule has 1 amide bonds. The second kappa shape index (κ2) is 6.10. The molecule has 1 saturated heterocycles. The molecule has 0 bridgehead atoms. The molecule has 4 rings (SSSR count). The summed E-state index contributed by atoms with van der Waals surface area (Å²) in [5.41, 5.74) is 0.989. The fourth-order valence-corrected chi connectivity index (χ4v) is 4.29. The van der Waals surface area contributed by atoms with E-state index in [4.69, 9.17) is 0 Å². The second-order valence-corrected chi connectivity index (χ2v) is 7.63. The van der Waals surface area contributed by atoms with Crippen LogP contribution in [0, 0.1) is 0 Å². The van der Waals surface area contributed by atoms with Crippen molar-refractivity contribution in [2.75, 3.05) is 26.2 Å². The summed E-state index contributed by atoms with van der Waals surface area (Å²) >= 11 is 1.81. The number of carbonyl (C=O) groups excluding carboxylic acids is 1. The number of rotatable bonds is 4. The van der Waals surface area contributed by atoms with Gasteiger partial charge >= 0.3 is 0 Å². The molecular weight excluding hydrogens is 304 g/mol. The predicted molar refractivity (Wildman–Crippen MR) is 93.5 cm³/mol. The van der Waals surface area contributed by atoms with E-state index in [9.17, 15) is 4.79 Å². The lowest BCUT2D eigenvalue weighted by Gasteiger charge is -2.36. The summed E-state index contributed by atoms with van der Waals surface area (Å²) in [5.74, 6) is 0.347. The molecule has 4 heteroatoms. The molecule has 0 N–H and O–H groups in total. The van der Waals surface area contributed by atoms with Gasteiger partial charge in [0, 0.05) is 37.6 Å². The van der Waals surface area contributed by atoms with Gasteiger partial charge in [0.15, 0.2) is 0 Å². The van der Waals surface area contributed by atoms with Gasteiger partial charge in [-0.3, -0.25) is 9.69 Å². The number of amides is 1. The molecule has 1 aliphatic carbocycles. The predicted octanol–water partition coefficient (Wildman–Crippen LogP) is 3.12. The van der Waals surface area contributed by atoms with Crippen LogP contribution in [0.3, 0.4) is 0 Å². The molecule has 1 saturated carbocycles. The Morgan fingerprint density at radius 3 is 2.35 bits per heavy atom. The van der Waals surface area contributed by atoms with E-state index in [0.717, 1.165) is 45.6 Å². The lowest BCUT2D eigenvalue weighted by molar-refractivity contribution is -0.135. The van der Waals surface area contributed by atoms with Gasteiger partial charge in [0.1, 0.15) is 0 Å². The van der Waals surface area contributed by atoms with E-state index in [1.165, 1.54) is 10.4 Å². The number of nitrogens with zero attached hydrogens (tertiary/aromatic N) is 2. The molecule has 0 spiro atoms. The first-order valence-electron chi connectivity index (χ1n) is 8.38. The summed E-state index contributed by atoms with van der Waals surface area (Å²) in [7, 11) is 0. The van der Waals surface area contributed by atoms with Crippen LogP contribution in [0.1, 0.15) is 23.3 Å². The van der Waals surface area contributed by atoms with Gasteiger partial charge in [0.05, 0.1) is 5.41 Å². The summed E-state index contributed by atoms with van der Waals surface area (Å²) in [5, 5.41) is 2.13. The molecular formula is C19H22N2OS. The van der Waals surface area contributed by atoms with Crippen LogP contribution in [-0.2, 0) is 16.8 Å². The Kier molecular flexibility index (Phi) is 3.95. The van der Waals surface area contributed by atoms with Gasteiger partial charge in [-0.2, -0.15) is 0 Å². The van der Waals surface area contributed by atoms with Gasteiger partial charge in [0.2, 0.25) is 5.91 Å². The Bertz CT molecular complexity index is 656. The molecule has 2 aromatic rings. The second-order valence-electron chi connectivity index (χ2n) is 6.60. The van der Waals surface area contributed by atoms with Crippen molar-refractivity contribution in [1.29, 1.82) is 0 Å². The van der Waals surface area contributed by atoms with Gasteiger partial charge < -0.3 is 4.90 Å². The minimum absolute atomic E-state index is 0.211. The number of piperazine rings is 1. The highest BCUT2D eigenvalue weighted by Crippen LogP contribution is 2.49. The van der Waals surface area contributed by atoms with E-state index in [0.29, 0.717) is 5.91 Å². The van der Waals surface area contributed by atoms with Crippen LogP contribution >= 0.6 is 11.3 Å².